The lowest BCUT2D eigenvalue weighted by atomic mass is 9.94. The molecule has 0 aliphatic carbocycles. The summed E-state index contributed by atoms with van der Waals surface area (Å²) < 4.78 is 5.20. The predicted molar refractivity (Wildman–Crippen MR) is 53.4 cm³/mol. The Bertz CT molecular complexity index is 125. The SMILES string of the molecule is CCCCCCC1CCCOC1O. The van der Waals surface area contributed by atoms with E-state index in [0.29, 0.717) is 5.92 Å². The van der Waals surface area contributed by atoms with Crippen molar-refractivity contribution in [2.24, 2.45) is 5.92 Å². The molecule has 0 aromatic carbocycles. The average Bonchev–Trinajstić information content (AvgIpc) is 2.15. The molecule has 2 nitrogen and oxygen atoms in total. The minimum absolute atomic E-state index is 0.408. The summed E-state index contributed by atoms with van der Waals surface area (Å²) >= 11 is 0. The van der Waals surface area contributed by atoms with Crippen LogP contribution >= 0.6 is 0 Å². The highest BCUT2D eigenvalue weighted by Gasteiger charge is 2.22. The zero-order valence-electron chi connectivity index (χ0n) is 8.67. The summed E-state index contributed by atoms with van der Waals surface area (Å²) in [4.78, 5) is 0. The molecule has 0 radical (unpaired) electrons. The van der Waals surface area contributed by atoms with Gasteiger partial charge < -0.3 is 9.84 Å². The Balaban J connectivity index is 2.05. The first-order chi connectivity index (χ1) is 6.34. The van der Waals surface area contributed by atoms with Crippen LogP contribution < -0.4 is 0 Å². The molecular weight excluding hydrogens is 164 g/mol. The Hall–Kier alpha value is -0.0800. The van der Waals surface area contributed by atoms with Crippen molar-refractivity contribution in [3.8, 4) is 0 Å². The molecule has 1 fully saturated rings. The normalized spacial score (nSPS) is 29.1. The van der Waals surface area contributed by atoms with E-state index in [4.69, 9.17) is 4.74 Å². The van der Waals surface area contributed by atoms with E-state index >= 15 is 0 Å². The Kier molecular flexibility index (Phi) is 5.40. The first-order valence-electron chi connectivity index (χ1n) is 5.64. The molecule has 0 aromatic heterocycles. The van der Waals surface area contributed by atoms with E-state index in [1.165, 1.54) is 25.7 Å². The fourth-order valence-electron chi connectivity index (χ4n) is 1.95. The molecule has 0 saturated carbocycles. The second-order valence-electron chi connectivity index (χ2n) is 4.01. The first kappa shape index (κ1) is 11.0. The Morgan fingerprint density at radius 3 is 2.85 bits per heavy atom. The highest BCUT2D eigenvalue weighted by molar-refractivity contribution is 4.66. The van der Waals surface area contributed by atoms with Crippen molar-refractivity contribution in [2.45, 2.75) is 58.2 Å². The van der Waals surface area contributed by atoms with E-state index in [2.05, 4.69) is 6.92 Å². The first-order valence-corrected chi connectivity index (χ1v) is 5.64. The molecular formula is C11H22O2. The van der Waals surface area contributed by atoms with Gasteiger partial charge in [0.1, 0.15) is 0 Å². The van der Waals surface area contributed by atoms with Crippen LogP contribution in [-0.4, -0.2) is 18.0 Å². The number of hydrogen-bond acceptors (Lipinski definition) is 2. The number of rotatable bonds is 5. The fourth-order valence-corrected chi connectivity index (χ4v) is 1.95. The van der Waals surface area contributed by atoms with Crippen LogP contribution in [0.25, 0.3) is 0 Å². The Morgan fingerprint density at radius 2 is 2.15 bits per heavy atom. The van der Waals surface area contributed by atoms with E-state index < -0.39 is 6.29 Å². The summed E-state index contributed by atoms with van der Waals surface area (Å²) in [6, 6.07) is 0. The van der Waals surface area contributed by atoms with Crippen molar-refractivity contribution in [1.29, 1.82) is 0 Å². The van der Waals surface area contributed by atoms with Gasteiger partial charge in [-0.15, -0.1) is 0 Å². The molecule has 1 saturated heterocycles. The number of aliphatic hydroxyl groups excluding tert-OH is 1. The molecule has 1 rings (SSSR count). The maximum absolute atomic E-state index is 9.50. The van der Waals surface area contributed by atoms with Gasteiger partial charge in [-0.25, -0.2) is 0 Å². The average molecular weight is 186 g/mol. The molecule has 1 N–H and O–H groups in total. The third kappa shape index (κ3) is 4.10. The molecule has 13 heavy (non-hydrogen) atoms. The molecule has 2 unspecified atom stereocenters. The van der Waals surface area contributed by atoms with Crippen LogP contribution in [0.2, 0.25) is 0 Å². The second kappa shape index (κ2) is 6.39. The van der Waals surface area contributed by atoms with Gasteiger partial charge in [0.25, 0.3) is 0 Å². The molecule has 2 atom stereocenters. The monoisotopic (exact) mass is 186 g/mol. The van der Waals surface area contributed by atoms with E-state index in [1.807, 2.05) is 0 Å². The topological polar surface area (TPSA) is 29.5 Å². The van der Waals surface area contributed by atoms with Gasteiger partial charge in [-0.05, 0) is 19.3 Å². The molecule has 0 spiro atoms. The fraction of sp³-hybridized carbons (Fsp3) is 1.00. The quantitative estimate of drug-likeness (QED) is 0.669. The van der Waals surface area contributed by atoms with Crippen LogP contribution in [0.3, 0.4) is 0 Å². The molecule has 78 valence electrons. The van der Waals surface area contributed by atoms with Crippen molar-refractivity contribution in [3.05, 3.63) is 0 Å². The summed E-state index contributed by atoms with van der Waals surface area (Å²) in [6.07, 6.45) is 8.09. The van der Waals surface area contributed by atoms with Crippen LogP contribution in [0.1, 0.15) is 51.9 Å². The van der Waals surface area contributed by atoms with Gasteiger partial charge in [0.05, 0.1) is 0 Å². The summed E-state index contributed by atoms with van der Waals surface area (Å²) in [7, 11) is 0. The van der Waals surface area contributed by atoms with Crippen molar-refractivity contribution in [3.63, 3.8) is 0 Å². The van der Waals surface area contributed by atoms with E-state index in [0.717, 1.165) is 25.9 Å². The standard InChI is InChI=1S/C11H22O2/c1-2-3-4-5-7-10-8-6-9-13-11(10)12/h10-12H,2-9H2,1H3. The molecule has 0 bridgehead atoms. The van der Waals surface area contributed by atoms with Crippen molar-refractivity contribution < 1.29 is 9.84 Å². The van der Waals surface area contributed by atoms with Gasteiger partial charge >= 0.3 is 0 Å². The molecule has 1 heterocycles. The van der Waals surface area contributed by atoms with Gasteiger partial charge in [-0.2, -0.15) is 0 Å². The summed E-state index contributed by atoms with van der Waals surface area (Å²) in [5, 5.41) is 9.50. The Morgan fingerprint density at radius 1 is 1.31 bits per heavy atom. The zero-order chi connectivity index (χ0) is 9.52. The van der Waals surface area contributed by atoms with Gasteiger partial charge in [-0.3, -0.25) is 0 Å². The lowest BCUT2D eigenvalue weighted by molar-refractivity contribution is -0.160. The van der Waals surface area contributed by atoms with Gasteiger partial charge in [-0.1, -0.05) is 32.6 Å². The van der Waals surface area contributed by atoms with Gasteiger partial charge in [0, 0.05) is 12.5 Å². The number of aliphatic hydroxyl groups is 1. The summed E-state index contributed by atoms with van der Waals surface area (Å²) in [5.41, 5.74) is 0. The van der Waals surface area contributed by atoms with Gasteiger partial charge in [0.2, 0.25) is 0 Å². The predicted octanol–water partition coefficient (Wildman–Crippen LogP) is 2.70. The van der Waals surface area contributed by atoms with Crippen LogP contribution in [0.15, 0.2) is 0 Å². The zero-order valence-corrected chi connectivity index (χ0v) is 8.67. The third-order valence-corrected chi connectivity index (χ3v) is 2.84. The Labute approximate surface area is 81.3 Å². The van der Waals surface area contributed by atoms with Crippen LogP contribution in [0.4, 0.5) is 0 Å². The highest BCUT2D eigenvalue weighted by Crippen LogP contribution is 2.24. The summed E-state index contributed by atoms with van der Waals surface area (Å²) in [5.74, 6) is 0.408. The van der Waals surface area contributed by atoms with Gasteiger partial charge in [0.15, 0.2) is 6.29 Å². The largest absolute Gasteiger partial charge is 0.368 e. The maximum atomic E-state index is 9.50. The number of unbranched alkanes of at least 4 members (excludes halogenated alkanes) is 3. The highest BCUT2D eigenvalue weighted by atomic mass is 16.6. The number of hydrogen-bond donors (Lipinski definition) is 1. The molecule has 0 aromatic rings. The van der Waals surface area contributed by atoms with E-state index in [9.17, 15) is 5.11 Å². The van der Waals surface area contributed by atoms with Crippen molar-refractivity contribution >= 4 is 0 Å². The lowest BCUT2D eigenvalue weighted by Gasteiger charge is -2.27. The maximum Gasteiger partial charge on any atom is 0.157 e. The smallest absolute Gasteiger partial charge is 0.157 e. The lowest BCUT2D eigenvalue weighted by Crippen LogP contribution is -2.28. The molecule has 1 aliphatic rings. The third-order valence-electron chi connectivity index (χ3n) is 2.84. The van der Waals surface area contributed by atoms with Crippen molar-refractivity contribution in [2.75, 3.05) is 6.61 Å². The van der Waals surface area contributed by atoms with E-state index in [-0.39, 0.29) is 0 Å². The summed E-state index contributed by atoms with van der Waals surface area (Å²) in [6.45, 7) is 2.96. The van der Waals surface area contributed by atoms with Crippen LogP contribution in [0.5, 0.6) is 0 Å². The molecule has 0 amide bonds. The molecule has 2 heteroatoms. The minimum Gasteiger partial charge on any atom is -0.368 e. The van der Waals surface area contributed by atoms with Crippen LogP contribution in [-0.2, 0) is 4.74 Å². The molecule has 1 aliphatic heterocycles. The van der Waals surface area contributed by atoms with Crippen LogP contribution in [0, 0.1) is 5.92 Å². The minimum atomic E-state index is -0.477. The second-order valence-corrected chi connectivity index (χ2v) is 4.01. The number of ether oxygens (including phenoxy) is 1. The van der Waals surface area contributed by atoms with Crippen molar-refractivity contribution in [1.82, 2.24) is 0 Å². The van der Waals surface area contributed by atoms with E-state index in [1.54, 1.807) is 0 Å².